The van der Waals surface area contributed by atoms with Gasteiger partial charge in [0.25, 0.3) is 0 Å². The van der Waals surface area contributed by atoms with Gasteiger partial charge < -0.3 is 0 Å². The van der Waals surface area contributed by atoms with Gasteiger partial charge in [-0.25, -0.2) is 0 Å². The Balaban J connectivity index is -0.0000000603. The molecule has 0 unspecified atom stereocenters. The van der Waals surface area contributed by atoms with E-state index in [2.05, 4.69) is 46.9 Å². The van der Waals surface area contributed by atoms with Crippen molar-refractivity contribution in [1.82, 2.24) is 0 Å². The third kappa shape index (κ3) is 45.3. The minimum Gasteiger partial charge on any atom is -0.103 e. The fraction of sp³-hybridized carbons (Fsp3) is 0.714. The lowest BCUT2D eigenvalue weighted by atomic mass is 10.0. The quantitative estimate of drug-likeness (QED) is 0.352. The number of hydrogen-bond donors (Lipinski definition) is 0. The molecule has 0 radical (unpaired) electrons. The fourth-order valence-corrected chi connectivity index (χ4v) is 1.38. The summed E-state index contributed by atoms with van der Waals surface area (Å²) in [7, 11) is 0. The zero-order chi connectivity index (χ0) is 17.0. The summed E-state index contributed by atoms with van der Waals surface area (Å²) in [5, 5.41) is 0. The highest BCUT2D eigenvalue weighted by molar-refractivity contribution is 5.22. The maximum atomic E-state index is 3.76. The van der Waals surface area contributed by atoms with E-state index in [1.54, 1.807) is 6.08 Å². The molecule has 0 spiro atoms. The summed E-state index contributed by atoms with van der Waals surface area (Å²) in [4.78, 5) is 0. The van der Waals surface area contributed by atoms with Crippen molar-refractivity contribution < 1.29 is 0 Å². The van der Waals surface area contributed by atoms with Gasteiger partial charge in [0, 0.05) is 0 Å². The van der Waals surface area contributed by atoms with Gasteiger partial charge in [-0.1, -0.05) is 97.6 Å². The Kier molecular flexibility index (Phi) is 48.4. The first kappa shape index (κ1) is 32.2. The normalized spacial score (nSPS) is 8.76. The van der Waals surface area contributed by atoms with E-state index in [0.29, 0.717) is 0 Å². The largest absolute Gasteiger partial charge is 0.103 e. The van der Waals surface area contributed by atoms with Gasteiger partial charge in [0.15, 0.2) is 0 Å². The zero-order valence-corrected chi connectivity index (χ0v) is 16.0. The van der Waals surface area contributed by atoms with Crippen LogP contribution >= 0.6 is 0 Å². The Labute approximate surface area is 138 Å². The molecule has 0 aliphatic rings. The molecule has 0 aromatic carbocycles. The predicted molar refractivity (Wildman–Crippen MR) is 107 cm³/mol. The van der Waals surface area contributed by atoms with Gasteiger partial charge in [-0.3, -0.25) is 0 Å². The van der Waals surface area contributed by atoms with Crippen LogP contribution in [0.5, 0.6) is 0 Å². The molecule has 0 fully saturated rings. The number of allylic oxidation sites excluding steroid dienone is 4. The molecule has 0 saturated carbocycles. The second kappa shape index (κ2) is 31.6. The topological polar surface area (TPSA) is 0 Å². The van der Waals surface area contributed by atoms with Crippen LogP contribution in [0, 0.1) is 5.92 Å². The Hall–Kier alpha value is -0.780. The molecule has 0 amide bonds. The van der Waals surface area contributed by atoms with Crippen LogP contribution < -0.4 is 0 Å². The van der Waals surface area contributed by atoms with Crippen LogP contribution in [0.3, 0.4) is 0 Å². The standard InChI is InChI=1S/C8H18.C7H12.C3H6.C2H6.CH4/c1-4-6-8(3)7-5-2;1-5-7(4)6(2)3;1-3-2;1-2;/h8H,4-7H2,1-3H3;5H,2H2,1,3-4H3;3H,1H2,2H3;1-2H3;1H4/b;7-5+;;;. The SMILES string of the molecule is C.C=C(C)/C(C)=C/C.C=CC.CC.CCCC(C)CCC. The van der Waals surface area contributed by atoms with E-state index in [0.717, 1.165) is 11.5 Å². The van der Waals surface area contributed by atoms with Gasteiger partial charge in [0.2, 0.25) is 0 Å². The summed E-state index contributed by atoms with van der Waals surface area (Å²) in [5.41, 5.74) is 2.43. The molecule has 0 aliphatic heterocycles. The minimum absolute atomic E-state index is 0. The maximum Gasteiger partial charge on any atom is -0.0399 e. The summed E-state index contributed by atoms with van der Waals surface area (Å²) < 4.78 is 0. The Morgan fingerprint density at radius 2 is 1.29 bits per heavy atom. The molecule has 130 valence electrons. The summed E-state index contributed by atoms with van der Waals surface area (Å²) in [6, 6.07) is 0. The first-order valence-electron chi connectivity index (χ1n) is 8.26. The molecule has 0 rings (SSSR count). The molecule has 0 atom stereocenters. The average molecular weight is 299 g/mol. The molecule has 0 saturated heterocycles. The Morgan fingerprint density at radius 3 is 1.38 bits per heavy atom. The third-order valence-electron chi connectivity index (χ3n) is 2.67. The lowest BCUT2D eigenvalue weighted by Gasteiger charge is -2.05. The van der Waals surface area contributed by atoms with E-state index in [-0.39, 0.29) is 7.43 Å². The summed E-state index contributed by atoms with van der Waals surface area (Å²) in [6.07, 6.45) is 9.33. The molecule has 0 heterocycles. The Morgan fingerprint density at radius 1 is 1.00 bits per heavy atom. The second-order valence-corrected chi connectivity index (χ2v) is 4.84. The van der Waals surface area contributed by atoms with Crippen LogP contribution in [0.4, 0.5) is 0 Å². The van der Waals surface area contributed by atoms with Gasteiger partial charge in [-0.05, 0) is 33.6 Å². The molecule has 21 heavy (non-hydrogen) atoms. The van der Waals surface area contributed by atoms with Crippen LogP contribution in [0.25, 0.3) is 0 Å². The number of hydrogen-bond acceptors (Lipinski definition) is 0. The molecular weight excluding hydrogens is 252 g/mol. The van der Waals surface area contributed by atoms with Crippen LogP contribution in [-0.2, 0) is 0 Å². The highest BCUT2D eigenvalue weighted by Crippen LogP contribution is 2.10. The summed E-state index contributed by atoms with van der Waals surface area (Å²) >= 11 is 0. The van der Waals surface area contributed by atoms with E-state index in [4.69, 9.17) is 0 Å². The van der Waals surface area contributed by atoms with Crippen molar-refractivity contribution in [2.24, 2.45) is 5.92 Å². The van der Waals surface area contributed by atoms with Crippen molar-refractivity contribution in [1.29, 1.82) is 0 Å². The number of rotatable bonds is 5. The van der Waals surface area contributed by atoms with Crippen LogP contribution in [0.2, 0.25) is 0 Å². The van der Waals surface area contributed by atoms with Gasteiger partial charge in [-0.2, -0.15) is 0 Å². The van der Waals surface area contributed by atoms with Crippen LogP contribution in [0.15, 0.2) is 36.5 Å². The molecule has 0 aromatic heterocycles. The summed E-state index contributed by atoms with van der Waals surface area (Å²) in [6.45, 7) is 25.9. The van der Waals surface area contributed by atoms with Gasteiger partial charge in [-0.15, -0.1) is 6.58 Å². The molecule has 0 aromatic rings. The minimum atomic E-state index is 0. The van der Waals surface area contributed by atoms with Crippen molar-refractivity contribution in [3.63, 3.8) is 0 Å². The first-order chi connectivity index (χ1) is 9.40. The lowest BCUT2D eigenvalue weighted by Crippen LogP contribution is -1.91. The highest BCUT2D eigenvalue weighted by atomic mass is 14.0. The predicted octanol–water partition coefficient (Wildman–Crippen LogP) is 8.61. The zero-order valence-electron chi connectivity index (χ0n) is 16.0. The molecule has 0 N–H and O–H groups in total. The maximum absolute atomic E-state index is 3.76. The third-order valence-corrected chi connectivity index (χ3v) is 2.67. The van der Waals surface area contributed by atoms with E-state index in [9.17, 15) is 0 Å². The van der Waals surface area contributed by atoms with Crippen molar-refractivity contribution in [3.8, 4) is 0 Å². The van der Waals surface area contributed by atoms with Crippen LogP contribution in [0.1, 0.15) is 95.4 Å². The smallest absolute Gasteiger partial charge is 0.0399 e. The van der Waals surface area contributed by atoms with Gasteiger partial charge in [0.05, 0.1) is 0 Å². The van der Waals surface area contributed by atoms with Crippen LogP contribution in [-0.4, -0.2) is 0 Å². The lowest BCUT2D eigenvalue weighted by molar-refractivity contribution is 0.480. The monoisotopic (exact) mass is 298 g/mol. The van der Waals surface area contributed by atoms with Crippen molar-refractivity contribution in [2.45, 2.75) is 95.4 Å². The van der Waals surface area contributed by atoms with Crippen molar-refractivity contribution in [3.05, 3.63) is 36.5 Å². The Bertz CT molecular complexity index is 202. The van der Waals surface area contributed by atoms with Crippen molar-refractivity contribution in [2.75, 3.05) is 0 Å². The highest BCUT2D eigenvalue weighted by Gasteiger charge is 1.95. The van der Waals surface area contributed by atoms with Crippen molar-refractivity contribution >= 4 is 0 Å². The fourth-order valence-electron chi connectivity index (χ4n) is 1.38. The molecule has 0 nitrogen and oxygen atoms in total. The van der Waals surface area contributed by atoms with E-state index in [1.807, 2.05) is 34.6 Å². The van der Waals surface area contributed by atoms with E-state index < -0.39 is 0 Å². The van der Waals surface area contributed by atoms with Gasteiger partial charge >= 0.3 is 0 Å². The molecule has 0 heteroatoms. The second-order valence-electron chi connectivity index (χ2n) is 4.84. The van der Waals surface area contributed by atoms with Gasteiger partial charge in [0.1, 0.15) is 0 Å². The van der Waals surface area contributed by atoms with E-state index >= 15 is 0 Å². The molecular formula is C21H46. The summed E-state index contributed by atoms with van der Waals surface area (Å²) in [5.74, 6) is 0.963. The molecule has 0 bridgehead atoms. The first-order valence-corrected chi connectivity index (χ1v) is 8.26. The van der Waals surface area contributed by atoms with E-state index in [1.165, 1.54) is 31.3 Å². The molecule has 0 aliphatic carbocycles. The average Bonchev–Trinajstić information content (AvgIpc) is 2.42.